The zero-order valence-corrected chi connectivity index (χ0v) is 21.5. The van der Waals surface area contributed by atoms with E-state index in [0.29, 0.717) is 56.4 Å². The van der Waals surface area contributed by atoms with Gasteiger partial charge in [0.15, 0.2) is 11.5 Å². The maximum absolute atomic E-state index is 13.4. The van der Waals surface area contributed by atoms with Gasteiger partial charge in [-0.1, -0.05) is 13.3 Å². The molecule has 0 bridgehead atoms. The summed E-state index contributed by atoms with van der Waals surface area (Å²) in [6.07, 6.45) is 5.96. The Labute approximate surface area is 217 Å². The Bertz CT molecular complexity index is 1060. The summed E-state index contributed by atoms with van der Waals surface area (Å²) in [4.78, 5) is 29.9. The standard InChI is InChI=1S/C26H37N5O6/c1-3-4-9-29(12-7-27)23(32)16-30-15-19(18-13-21(35-2)25-22(14-18)36-17-37-25)24(26(33)34)20(30)6-11-31-10-5-8-28-31/h5,8,10,13-14,19-20,24H,3-4,6-7,9,11-12,15-17,27H2,1-2H3,(H,33,34)/t19-,20+,24?/m1/s1. The van der Waals surface area contributed by atoms with Gasteiger partial charge >= 0.3 is 5.97 Å². The molecule has 4 rings (SSSR count). The summed E-state index contributed by atoms with van der Waals surface area (Å²) >= 11 is 0. The van der Waals surface area contributed by atoms with E-state index in [2.05, 4.69) is 12.0 Å². The number of carboxylic acids is 1. The van der Waals surface area contributed by atoms with Crippen LogP contribution in [0, 0.1) is 5.92 Å². The van der Waals surface area contributed by atoms with Crippen molar-refractivity contribution in [3.63, 3.8) is 0 Å². The molecule has 3 N–H and O–H groups in total. The van der Waals surface area contributed by atoms with Crippen LogP contribution in [0.5, 0.6) is 17.2 Å². The number of ether oxygens (including phenoxy) is 3. The molecule has 0 aliphatic carbocycles. The van der Waals surface area contributed by atoms with Crippen molar-refractivity contribution in [3.05, 3.63) is 36.2 Å². The Balaban J connectivity index is 1.63. The van der Waals surface area contributed by atoms with Crippen LogP contribution in [0.3, 0.4) is 0 Å². The van der Waals surface area contributed by atoms with Crippen molar-refractivity contribution < 1.29 is 28.9 Å². The van der Waals surface area contributed by atoms with E-state index < -0.39 is 11.9 Å². The number of fused-ring (bicyclic) bond motifs is 1. The first-order chi connectivity index (χ1) is 18.0. The maximum atomic E-state index is 13.4. The van der Waals surface area contributed by atoms with Gasteiger partial charge in [-0.05, 0) is 36.6 Å². The van der Waals surface area contributed by atoms with Gasteiger partial charge in [0.05, 0.1) is 19.6 Å². The number of aryl methyl sites for hydroxylation is 1. The number of aliphatic carboxylic acids is 1. The summed E-state index contributed by atoms with van der Waals surface area (Å²) in [5.74, 6) is -0.461. The number of nitrogens with two attached hydrogens (primary N) is 1. The molecule has 1 amide bonds. The molecule has 11 nitrogen and oxygen atoms in total. The van der Waals surface area contributed by atoms with Crippen molar-refractivity contribution >= 4 is 11.9 Å². The Morgan fingerprint density at radius 2 is 2.14 bits per heavy atom. The average Bonchev–Trinajstić information content (AvgIpc) is 3.64. The van der Waals surface area contributed by atoms with Crippen LogP contribution in [0.1, 0.15) is 37.7 Å². The van der Waals surface area contributed by atoms with Gasteiger partial charge in [-0.25, -0.2) is 0 Å². The van der Waals surface area contributed by atoms with Crippen molar-refractivity contribution in [2.24, 2.45) is 11.7 Å². The van der Waals surface area contributed by atoms with E-state index in [9.17, 15) is 14.7 Å². The normalized spacial score (nSPS) is 20.8. The summed E-state index contributed by atoms with van der Waals surface area (Å²) in [7, 11) is 1.55. The summed E-state index contributed by atoms with van der Waals surface area (Å²) < 4.78 is 18.4. The number of hydrogen-bond acceptors (Lipinski definition) is 8. The Kier molecular flexibility index (Phi) is 8.88. The van der Waals surface area contributed by atoms with Gasteiger partial charge in [0.25, 0.3) is 0 Å². The third-order valence-electron chi connectivity index (χ3n) is 7.23. The number of amides is 1. The van der Waals surface area contributed by atoms with Gasteiger partial charge in [0.1, 0.15) is 0 Å². The molecule has 1 aromatic heterocycles. The van der Waals surface area contributed by atoms with E-state index in [-0.39, 0.29) is 31.2 Å². The highest BCUT2D eigenvalue weighted by Gasteiger charge is 2.47. The lowest BCUT2D eigenvalue weighted by Gasteiger charge is -2.29. The number of benzene rings is 1. The van der Waals surface area contributed by atoms with Gasteiger partial charge in [-0.15, -0.1) is 0 Å². The van der Waals surface area contributed by atoms with E-state index in [1.807, 2.05) is 29.3 Å². The molecule has 2 aliphatic heterocycles. The maximum Gasteiger partial charge on any atom is 0.308 e. The number of methoxy groups -OCH3 is 1. The van der Waals surface area contributed by atoms with Crippen LogP contribution in [0.15, 0.2) is 30.6 Å². The second-order valence-electron chi connectivity index (χ2n) is 9.51. The van der Waals surface area contributed by atoms with E-state index in [0.717, 1.165) is 18.4 Å². The molecule has 0 saturated carbocycles. The van der Waals surface area contributed by atoms with Crippen LogP contribution in [-0.2, 0) is 16.1 Å². The zero-order valence-electron chi connectivity index (χ0n) is 21.5. The van der Waals surface area contributed by atoms with Gasteiger partial charge in [0, 0.05) is 57.1 Å². The van der Waals surface area contributed by atoms with Gasteiger partial charge in [0.2, 0.25) is 18.4 Å². The molecule has 11 heteroatoms. The third kappa shape index (κ3) is 5.99. The number of rotatable bonds is 13. The molecule has 37 heavy (non-hydrogen) atoms. The predicted octanol–water partition coefficient (Wildman–Crippen LogP) is 1.77. The molecule has 0 spiro atoms. The summed E-state index contributed by atoms with van der Waals surface area (Å²) in [6, 6.07) is 5.14. The third-order valence-corrected chi connectivity index (χ3v) is 7.23. The van der Waals surface area contributed by atoms with Gasteiger partial charge in [-0.2, -0.15) is 5.10 Å². The summed E-state index contributed by atoms with van der Waals surface area (Å²) in [5.41, 5.74) is 6.57. The highest BCUT2D eigenvalue weighted by Crippen LogP contribution is 2.47. The predicted molar refractivity (Wildman–Crippen MR) is 136 cm³/mol. The van der Waals surface area contributed by atoms with Gasteiger partial charge < -0.3 is 30.0 Å². The SMILES string of the molecule is CCCCN(CCN)C(=O)CN1C[C@H](c2cc(OC)c3c(c2)OCO3)C(C(=O)O)[C@@H]1CCn1cccn1. The van der Waals surface area contributed by atoms with Crippen LogP contribution in [0.2, 0.25) is 0 Å². The second kappa shape index (κ2) is 12.3. The van der Waals surface area contributed by atoms with E-state index >= 15 is 0 Å². The minimum Gasteiger partial charge on any atom is -0.493 e. The summed E-state index contributed by atoms with van der Waals surface area (Å²) in [5, 5.41) is 14.7. The molecular formula is C26H37N5O6. The van der Waals surface area contributed by atoms with E-state index in [1.54, 1.807) is 22.9 Å². The zero-order chi connectivity index (χ0) is 26.4. The monoisotopic (exact) mass is 515 g/mol. The topological polar surface area (TPSA) is 132 Å². The molecule has 3 heterocycles. The van der Waals surface area contributed by atoms with Crippen LogP contribution >= 0.6 is 0 Å². The summed E-state index contributed by atoms with van der Waals surface area (Å²) in [6.45, 7) is 4.78. The van der Waals surface area contributed by atoms with Crippen molar-refractivity contribution in [1.29, 1.82) is 0 Å². The molecule has 1 unspecified atom stereocenters. The average molecular weight is 516 g/mol. The highest BCUT2D eigenvalue weighted by molar-refractivity contribution is 5.79. The Morgan fingerprint density at radius 3 is 2.81 bits per heavy atom. The minimum absolute atomic E-state index is 0.0314. The van der Waals surface area contributed by atoms with Crippen molar-refractivity contribution in [2.75, 3.05) is 46.6 Å². The molecular weight excluding hydrogens is 478 g/mol. The largest absolute Gasteiger partial charge is 0.493 e. The smallest absolute Gasteiger partial charge is 0.308 e. The fraction of sp³-hybridized carbons (Fsp3) is 0.577. The van der Waals surface area contributed by atoms with Crippen molar-refractivity contribution in [2.45, 2.75) is 44.7 Å². The minimum atomic E-state index is -0.896. The number of aromatic nitrogens is 2. The number of hydrogen-bond donors (Lipinski definition) is 2. The molecule has 1 saturated heterocycles. The Hall–Kier alpha value is -3.31. The van der Waals surface area contributed by atoms with Crippen LogP contribution in [0.25, 0.3) is 0 Å². The highest BCUT2D eigenvalue weighted by atomic mass is 16.7. The second-order valence-corrected chi connectivity index (χ2v) is 9.51. The lowest BCUT2D eigenvalue weighted by atomic mass is 9.84. The van der Waals surface area contributed by atoms with Crippen LogP contribution < -0.4 is 19.9 Å². The molecule has 202 valence electrons. The van der Waals surface area contributed by atoms with Crippen molar-refractivity contribution in [1.82, 2.24) is 19.6 Å². The molecule has 2 aromatic rings. The first-order valence-corrected chi connectivity index (χ1v) is 12.9. The van der Waals surface area contributed by atoms with Crippen LogP contribution in [-0.4, -0.2) is 89.2 Å². The number of carboxylic acid groups (broad SMARTS) is 1. The lowest BCUT2D eigenvalue weighted by molar-refractivity contribution is -0.144. The molecule has 1 aromatic carbocycles. The number of likely N-dealkylation sites (tertiary alicyclic amines) is 1. The quantitative estimate of drug-likeness (QED) is 0.409. The number of unbranched alkanes of at least 4 members (excludes halogenated alkanes) is 1. The van der Waals surface area contributed by atoms with E-state index in [1.165, 1.54) is 0 Å². The fourth-order valence-electron chi connectivity index (χ4n) is 5.39. The number of carbonyl (C=O) groups is 2. The Morgan fingerprint density at radius 1 is 1.30 bits per heavy atom. The lowest BCUT2D eigenvalue weighted by Crippen LogP contribution is -2.46. The molecule has 1 fully saturated rings. The fourth-order valence-corrected chi connectivity index (χ4v) is 5.39. The molecule has 0 radical (unpaired) electrons. The number of carbonyl (C=O) groups excluding carboxylic acids is 1. The van der Waals surface area contributed by atoms with Crippen molar-refractivity contribution in [3.8, 4) is 17.2 Å². The number of nitrogens with zero attached hydrogens (tertiary/aromatic N) is 4. The first-order valence-electron chi connectivity index (χ1n) is 12.9. The van der Waals surface area contributed by atoms with Gasteiger partial charge in [-0.3, -0.25) is 19.2 Å². The van der Waals surface area contributed by atoms with Crippen LogP contribution in [0.4, 0.5) is 0 Å². The van der Waals surface area contributed by atoms with E-state index in [4.69, 9.17) is 19.9 Å². The first kappa shape index (κ1) is 26.7. The molecule has 2 aliphatic rings. The molecule has 3 atom stereocenters.